The summed E-state index contributed by atoms with van der Waals surface area (Å²) < 4.78 is 1.78. The fourth-order valence-electron chi connectivity index (χ4n) is 6.50. The number of hydrogen-bond donors (Lipinski definition) is 7. The van der Waals surface area contributed by atoms with Gasteiger partial charge in [-0.3, -0.25) is 55.0 Å². The molecule has 23 heteroatoms. The number of nitro benzene ring substituents is 2. The summed E-state index contributed by atoms with van der Waals surface area (Å²) in [6.07, 6.45) is 12.7. The standard InChI is InChI=1S/C14H13N3O5.C14H13N3O4.C14H15N3O3.C7H10N2/c1-15(8-10-4-3-7-16(20)9-10)14(19)11-5-2-6-12(13(11)18)17(21)22;1-16(9-10-4-3-7-15-8-10)14(19)11-5-2-6-12(13(11)18)17(20)21;1-16(8-10-4-3-7-17(20)9-10)14(19)11-5-2-6-12(15)13(11)18;1-8-5-7-3-2-4-9-6-7/h2-7,9H,8H2,1H3,(H-,18,19,20);2-8,18H,9H2,1H3;2-7,9H,8,15H2,1H3,(H-,18,19,20);2-4,6,8H,5H2,1H3/p+2. The van der Waals surface area contributed by atoms with Crippen LogP contribution < -0.4 is 20.5 Å². The number of aromatic hydroxyl groups is 3. The molecule has 0 aliphatic carbocycles. The largest absolute Gasteiger partial charge is 0.505 e. The molecule has 3 aromatic carbocycles. The molecule has 3 amide bonds. The maximum absolute atomic E-state index is 12.3. The van der Waals surface area contributed by atoms with Crippen molar-refractivity contribution in [1.82, 2.24) is 30.0 Å². The number of nitro groups is 2. The van der Waals surface area contributed by atoms with Crippen molar-refractivity contribution in [2.45, 2.75) is 26.2 Å². The first-order valence-electron chi connectivity index (χ1n) is 21.4. The molecular weight excluding hydrogens is 935 g/mol. The van der Waals surface area contributed by atoms with Crippen LogP contribution in [0.3, 0.4) is 0 Å². The number of phenols is 3. The maximum atomic E-state index is 12.3. The van der Waals surface area contributed by atoms with Gasteiger partial charge in [0.05, 0.1) is 45.3 Å². The molecule has 7 rings (SSSR count). The Balaban J connectivity index is 0.000000216. The first-order chi connectivity index (χ1) is 34.3. The summed E-state index contributed by atoms with van der Waals surface area (Å²) >= 11 is 0. The van der Waals surface area contributed by atoms with E-state index in [0.29, 0.717) is 12.1 Å². The molecule has 374 valence electrons. The quantitative estimate of drug-likeness (QED) is 0.0207. The van der Waals surface area contributed by atoms with Crippen molar-refractivity contribution in [3.05, 3.63) is 212 Å². The number of nitrogens with two attached hydrogens (primary N) is 1. The highest BCUT2D eigenvalue weighted by molar-refractivity contribution is 5.99. The molecule has 0 saturated carbocycles. The van der Waals surface area contributed by atoms with Crippen LogP contribution in [0.2, 0.25) is 0 Å². The van der Waals surface area contributed by atoms with E-state index in [1.165, 1.54) is 88.5 Å². The number of nitrogen functional groups attached to an aromatic ring is 1. The van der Waals surface area contributed by atoms with E-state index in [4.69, 9.17) is 5.73 Å². The predicted molar refractivity (Wildman–Crippen MR) is 258 cm³/mol. The summed E-state index contributed by atoms with van der Waals surface area (Å²) in [5.74, 6) is -2.90. The van der Waals surface area contributed by atoms with Gasteiger partial charge in [0.15, 0.2) is 5.75 Å². The zero-order chi connectivity index (χ0) is 52.9. The molecule has 0 fully saturated rings. The number of rotatable bonds is 13. The molecule has 0 bridgehead atoms. The Kier molecular flexibility index (Phi) is 20.3. The number of para-hydroxylation sites is 3. The molecule has 8 N–H and O–H groups in total. The van der Waals surface area contributed by atoms with Gasteiger partial charge in [0.1, 0.15) is 0 Å². The summed E-state index contributed by atoms with van der Waals surface area (Å²) in [6.45, 7) is 1.65. The third kappa shape index (κ3) is 15.9. The fourth-order valence-corrected chi connectivity index (χ4v) is 6.50. The SMILES string of the molecule is CN(Cc1ccc[n+](O)c1)C(=O)c1cccc(N)c1O.CN(Cc1ccc[n+](O)c1)C(=O)c1cccc([N+](=O)[O-])c1O.CN(Cc1cccnc1)C(=O)c1cccc([N+](=O)[O-])c1O.CNCc1cccnc1. The number of nitrogens with zero attached hydrogens (tertiary/aromatic N) is 9. The molecule has 23 nitrogen and oxygen atoms in total. The first kappa shape index (κ1) is 54.8. The average molecular weight is 988 g/mol. The summed E-state index contributed by atoms with van der Waals surface area (Å²) in [5, 5.41) is 72.7. The van der Waals surface area contributed by atoms with Crippen LogP contribution in [0.4, 0.5) is 17.1 Å². The number of aromatic nitrogens is 4. The Bertz CT molecular complexity index is 2970. The highest BCUT2D eigenvalue weighted by Gasteiger charge is 2.25. The number of nitrogens with one attached hydrogen (secondary N) is 1. The van der Waals surface area contributed by atoms with Crippen LogP contribution in [0.25, 0.3) is 0 Å². The molecule has 0 spiro atoms. The lowest BCUT2D eigenvalue weighted by molar-refractivity contribution is -0.905. The minimum Gasteiger partial charge on any atom is -0.505 e. The van der Waals surface area contributed by atoms with Crippen molar-refractivity contribution >= 4 is 34.8 Å². The average Bonchev–Trinajstić information content (AvgIpc) is 3.35. The molecule has 0 atom stereocenters. The molecule has 4 heterocycles. The third-order valence-corrected chi connectivity index (χ3v) is 10.0. The lowest BCUT2D eigenvalue weighted by Gasteiger charge is -2.17. The minimum atomic E-state index is -0.752. The van der Waals surface area contributed by atoms with E-state index in [0.717, 1.165) is 39.3 Å². The second-order valence-electron chi connectivity index (χ2n) is 15.5. The molecule has 0 unspecified atom stereocenters. The smallest absolute Gasteiger partial charge is 0.311 e. The Hall–Kier alpha value is -9.77. The zero-order valence-corrected chi connectivity index (χ0v) is 39.5. The third-order valence-electron chi connectivity index (χ3n) is 10.0. The normalized spacial score (nSPS) is 10.1. The van der Waals surface area contributed by atoms with E-state index >= 15 is 0 Å². The molecular formula is C49H53N11O12+2. The van der Waals surface area contributed by atoms with Crippen molar-refractivity contribution in [2.75, 3.05) is 33.9 Å². The summed E-state index contributed by atoms with van der Waals surface area (Å²) in [5.41, 5.74) is 8.09. The van der Waals surface area contributed by atoms with Gasteiger partial charge in [-0.15, -0.1) is 0 Å². The van der Waals surface area contributed by atoms with Crippen LogP contribution in [0.15, 0.2) is 153 Å². The minimum absolute atomic E-state index is 0.101. The van der Waals surface area contributed by atoms with Crippen LogP contribution in [0.1, 0.15) is 53.3 Å². The number of carbonyl (C=O) groups is 3. The van der Waals surface area contributed by atoms with E-state index in [-0.39, 0.29) is 47.1 Å². The zero-order valence-electron chi connectivity index (χ0n) is 39.5. The molecule has 7 aromatic rings. The van der Waals surface area contributed by atoms with Gasteiger partial charge in [-0.05, 0) is 66.7 Å². The Morgan fingerprint density at radius 3 is 1.32 bits per heavy atom. The number of benzene rings is 3. The van der Waals surface area contributed by atoms with Gasteiger partial charge >= 0.3 is 11.4 Å². The monoisotopic (exact) mass is 987 g/mol. The van der Waals surface area contributed by atoms with Crippen LogP contribution in [-0.2, 0) is 26.2 Å². The van der Waals surface area contributed by atoms with Crippen molar-refractivity contribution in [3.8, 4) is 17.2 Å². The van der Waals surface area contributed by atoms with Crippen molar-refractivity contribution < 1.29 is 59.4 Å². The van der Waals surface area contributed by atoms with Gasteiger partial charge in [-0.25, -0.2) is 0 Å². The van der Waals surface area contributed by atoms with E-state index < -0.39 is 44.5 Å². The van der Waals surface area contributed by atoms with E-state index in [1.807, 2.05) is 31.4 Å². The van der Waals surface area contributed by atoms with Gasteiger partial charge in [-0.2, -0.15) is 0 Å². The summed E-state index contributed by atoms with van der Waals surface area (Å²) in [4.78, 5) is 68.9. The van der Waals surface area contributed by atoms with Crippen molar-refractivity contribution in [2.24, 2.45) is 0 Å². The predicted octanol–water partition coefficient (Wildman–Crippen LogP) is 4.64. The maximum Gasteiger partial charge on any atom is 0.311 e. The Morgan fingerprint density at radius 1 is 0.569 bits per heavy atom. The lowest BCUT2D eigenvalue weighted by atomic mass is 10.1. The number of pyridine rings is 4. The molecule has 0 aliphatic heterocycles. The molecule has 0 aliphatic rings. The summed E-state index contributed by atoms with van der Waals surface area (Å²) in [7, 11) is 6.58. The van der Waals surface area contributed by atoms with Crippen LogP contribution in [0, 0.1) is 20.2 Å². The first-order valence-corrected chi connectivity index (χ1v) is 21.4. The van der Waals surface area contributed by atoms with Gasteiger partial charge < -0.3 is 41.1 Å². The van der Waals surface area contributed by atoms with Crippen LogP contribution >= 0.6 is 0 Å². The molecule has 4 aromatic heterocycles. The van der Waals surface area contributed by atoms with Crippen molar-refractivity contribution in [1.29, 1.82) is 0 Å². The molecule has 72 heavy (non-hydrogen) atoms. The van der Waals surface area contributed by atoms with E-state index in [1.54, 1.807) is 69.1 Å². The van der Waals surface area contributed by atoms with Crippen LogP contribution in [0.5, 0.6) is 17.2 Å². The number of phenolic OH excluding ortho intramolecular Hbond substituents is 3. The highest BCUT2D eigenvalue weighted by atomic mass is 16.6. The Morgan fingerprint density at radius 2 is 0.944 bits per heavy atom. The topological polar surface area (TPSA) is 320 Å². The number of amides is 3. The van der Waals surface area contributed by atoms with Gasteiger partial charge in [0.2, 0.25) is 36.3 Å². The van der Waals surface area contributed by atoms with E-state index in [2.05, 4.69) is 15.3 Å². The van der Waals surface area contributed by atoms with Crippen LogP contribution in [-0.4, -0.2) is 106 Å². The molecule has 0 saturated heterocycles. The Labute approximate surface area is 412 Å². The number of hydrogen-bond acceptors (Lipinski definition) is 16. The fraction of sp³-hybridized carbons (Fsp3) is 0.163. The van der Waals surface area contributed by atoms with Gasteiger partial charge in [-0.1, -0.05) is 30.3 Å². The summed E-state index contributed by atoms with van der Waals surface area (Å²) in [6, 6.07) is 26.6. The van der Waals surface area contributed by atoms with Crippen molar-refractivity contribution in [3.63, 3.8) is 0 Å². The van der Waals surface area contributed by atoms with Gasteiger partial charge in [0, 0.05) is 104 Å². The van der Waals surface area contributed by atoms with Gasteiger partial charge in [0.25, 0.3) is 17.7 Å². The number of anilines is 1. The highest BCUT2D eigenvalue weighted by Crippen LogP contribution is 2.31. The second kappa shape index (κ2) is 26.7. The number of carbonyl (C=O) groups excluding carboxylic acids is 3. The molecule has 0 radical (unpaired) electrons. The lowest BCUT2D eigenvalue weighted by Crippen LogP contribution is -2.31. The second-order valence-corrected chi connectivity index (χ2v) is 15.5. The van der Waals surface area contributed by atoms with E-state index in [9.17, 15) is 60.3 Å².